The van der Waals surface area contributed by atoms with Crippen molar-refractivity contribution in [3.63, 3.8) is 0 Å². The topological polar surface area (TPSA) is 59.6 Å². The van der Waals surface area contributed by atoms with E-state index in [0.29, 0.717) is 30.4 Å². The number of benzene rings is 1. The number of nitrogens with one attached hydrogen (secondary N) is 2. The number of likely N-dealkylation sites (N-methyl/N-ethyl adjacent to an activating group) is 1. The second kappa shape index (κ2) is 9.23. The minimum absolute atomic E-state index is 0.0823. The van der Waals surface area contributed by atoms with Gasteiger partial charge in [-0.15, -0.1) is 0 Å². The van der Waals surface area contributed by atoms with E-state index in [1.165, 1.54) is 0 Å². The molecular weight excluding hydrogens is 268 g/mol. The largest absolute Gasteiger partial charge is 0.490 e. The average Bonchev–Trinajstić information content (AvgIpc) is 2.50. The molecule has 0 heterocycles. The molecule has 1 rings (SSSR count). The molecule has 118 valence electrons. The number of ether oxygens (including phenoxy) is 2. The van der Waals surface area contributed by atoms with Crippen LogP contribution in [0.5, 0.6) is 11.5 Å². The Morgan fingerprint density at radius 1 is 1.14 bits per heavy atom. The number of carbonyl (C=O) groups excluding carboxylic acids is 1. The third-order valence-electron chi connectivity index (χ3n) is 2.96. The molecule has 0 aromatic heterocycles. The van der Waals surface area contributed by atoms with Crippen molar-refractivity contribution in [1.29, 1.82) is 0 Å². The van der Waals surface area contributed by atoms with E-state index in [2.05, 4.69) is 17.6 Å². The zero-order valence-corrected chi connectivity index (χ0v) is 13.4. The van der Waals surface area contributed by atoms with E-state index in [1.807, 2.05) is 26.0 Å². The maximum atomic E-state index is 11.9. The van der Waals surface area contributed by atoms with Crippen molar-refractivity contribution in [2.45, 2.75) is 39.7 Å². The molecule has 1 unspecified atom stereocenters. The standard InChI is InChI=1S/C16H26N2O3/c1-5-9-20-14-8-7-13(11-15(14)21-10-6-2)18-16(19)12(3)17-4/h7-8,11-12,17H,5-6,9-10H2,1-4H3,(H,18,19). The van der Waals surface area contributed by atoms with Crippen LogP contribution in [0.4, 0.5) is 5.69 Å². The van der Waals surface area contributed by atoms with Crippen LogP contribution >= 0.6 is 0 Å². The first-order valence-corrected chi connectivity index (χ1v) is 7.50. The van der Waals surface area contributed by atoms with Crippen molar-refractivity contribution < 1.29 is 14.3 Å². The highest BCUT2D eigenvalue weighted by atomic mass is 16.5. The zero-order valence-electron chi connectivity index (χ0n) is 13.4. The molecule has 0 aliphatic heterocycles. The lowest BCUT2D eigenvalue weighted by molar-refractivity contribution is -0.117. The van der Waals surface area contributed by atoms with Gasteiger partial charge in [0.15, 0.2) is 11.5 Å². The number of amides is 1. The molecule has 0 spiro atoms. The molecule has 0 aliphatic carbocycles. The molecule has 5 nitrogen and oxygen atoms in total. The first-order chi connectivity index (χ1) is 10.1. The fraction of sp³-hybridized carbons (Fsp3) is 0.562. The van der Waals surface area contributed by atoms with Crippen LogP contribution in [0.1, 0.15) is 33.6 Å². The minimum Gasteiger partial charge on any atom is -0.490 e. The van der Waals surface area contributed by atoms with Gasteiger partial charge < -0.3 is 20.1 Å². The van der Waals surface area contributed by atoms with Crippen LogP contribution in [-0.2, 0) is 4.79 Å². The van der Waals surface area contributed by atoms with Gasteiger partial charge in [0.25, 0.3) is 0 Å². The van der Waals surface area contributed by atoms with Gasteiger partial charge in [0.05, 0.1) is 19.3 Å². The number of anilines is 1. The molecule has 21 heavy (non-hydrogen) atoms. The van der Waals surface area contributed by atoms with Crippen LogP contribution in [0.2, 0.25) is 0 Å². The summed E-state index contributed by atoms with van der Waals surface area (Å²) in [4.78, 5) is 11.9. The summed E-state index contributed by atoms with van der Waals surface area (Å²) < 4.78 is 11.4. The molecule has 0 aliphatic rings. The third kappa shape index (κ3) is 5.63. The Morgan fingerprint density at radius 2 is 1.76 bits per heavy atom. The summed E-state index contributed by atoms with van der Waals surface area (Å²) in [6.45, 7) is 7.17. The van der Waals surface area contributed by atoms with Gasteiger partial charge in [-0.1, -0.05) is 13.8 Å². The van der Waals surface area contributed by atoms with Gasteiger partial charge in [-0.2, -0.15) is 0 Å². The first-order valence-electron chi connectivity index (χ1n) is 7.50. The van der Waals surface area contributed by atoms with Crippen molar-refractivity contribution in [3.8, 4) is 11.5 Å². The number of hydrogen-bond acceptors (Lipinski definition) is 4. The van der Waals surface area contributed by atoms with Gasteiger partial charge in [-0.3, -0.25) is 4.79 Å². The van der Waals surface area contributed by atoms with Crippen LogP contribution in [0.3, 0.4) is 0 Å². The molecule has 0 bridgehead atoms. The summed E-state index contributed by atoms with van der Waals surface area (Å²) in [7, 11) is 1.75. The maximum Gasteiger partial charge on any atom is 0.241 e. The summed E-state index contributed by atoms with van der Waals surface area (Å²) in [5.41, 5.74) is 0.706. The van der Waals surface area contributed by atoms with Crippen molar-refractivity contribution >= 4 is 11.6 Å². The van der Waals surface area contributed by atoms with Crippen molar-refractivity contribution in [1.82, 2.24) is 5.32 Å². The van der Waals surface area contributed by atoms with Crippen LogP contribution in [0.15, 0.2) is 18.2 Å². The molecule has 1 atom stereocenters. The summed E-state index contributed by atoms with van der Waals surface area (Å²) >= 11 is 0. The Balaban J connectivity index is 2.84. The fourth-order valence-electron chi connectivity index (χ4n) is 1.62. The molecule has 0 saturated carbocycles. The van der Waals surface area contributed by atoms with Gasteiger partial charge in [0.1, 0.15) is 0 Å². The average molecular weight is 294 g/mol. The molecule has 0 radical (unpaired) electrons. The quantitative estimate of drug-likeness (QED) is 0.735. The number of rotatable bonds is 9. The van der Waals surface area contributed by atoms with Gasteiger partial charge >= 0.3 is 0 Å². The maximum absolute atomic E-state index is 11.9. The van der Waals surface area contributed by atoms with E-state index in [0.717, 1.165) is 12.8 Å². The van der Waals surface area contributed by atoms with Crippen molar-refractivity contribution in [2.75, 3.05) is 25.6 Å². The molecule has 5 heteroatoms. The summed E-state index contributed by atoms with van der Waals surface area (Å²) in [5, 5.41) is 5.76. The van der Waals surface area contributed by atoms with E-state index in [4.69, 9.17) is 9.47 Å². The van der Waals surface area contributed by atoms with E-state index in [9.17, 15) is 4.79 Å². The van der Waals surface area contributed by atoms with Crippen molar-refractivity contribution in [3.05, 3.63) is 18.2 Å². The SMILES string of the molecule is CCCOc1ccc(NC(=O)C(C)NC)cc1OCCC. The normalized spacial score (nSPS) is 11.8. The Kier molecular flexibility index (Phi) is 7.61. The molecular formula is C16H26N2O3. The summed E-state index contributed by atoms with van der Waals surface area (Å²) in [5.74, 6) is 1.30. The van der Waals surface area contributed by atoms with Gasteiger partial charge in [0.2, 0.25) is 5.91 Å². The van der Waals surface area contributed by atoms with Gasteiger partial charge in [0, 0.05) is 11.8 Å². The number of hydrogen-bond donors (Lipinski definition) is 2. The summed E-state index contributed by atoms with van der Waals surface area (Å²) in [6.07, 6.45) is 1.85. The van der Waals surface area contributed by atoms with Crippen LogP contribution in [0.25, 0.3) is 0 Å². The number of carbonyl (C=O) groups is 1. The van der Waals surface area contributed by atoms with Crippen LogP contribution in [-0.4, -0.2) is 32.2 Å². The van der Waals surface area contributed by atoms with E-state index < -0.39 is 0 Å². The Morgan fingerprint density at radius 3 is 2.33 bits per heavy atom. The third-order valence-corrected chi connectivity index (χ3v) is 2.96. The van der Waals surface area contributed by atoms with Gasteiger partial charge in [-0.25, -0.2) is 0 Å². The Labute approximate surface area is 127 Å². The Hall–Kier alpha value is -1.75. The first kappa shape index (κ1) is 17.3. The predicted molar refractivity (Wildman–Crippen MR) is 85.2 cm³/mol. The second-order valence-corrected chi connectivity index (χ2v) is 4.86. The van der Waals surface area contributed by atoms with E-state index in [1.54, 1.807) is 13.1 Å². The highest BCUT2D eigenvalue weighted by molar-refractivity contribution is 5.94. The smallest absolute Gasteiger partial charge is 0.241 e. The molecule has 0 fully saturated rings. The fourth-order valence-corrected chi connectivity index (χ4v) is 1.62. The highest BCUT2D eigenvalue weighted by Gasteiger charge is 2.12. The predicted octanol–water partition coefficient (Wildman–Crippen LogP) is 2.81. The molecule has 2 N–H and O–H groups in total. The molecule has 0 saturated heterocycles. The monoisotopic (exact) mass is 294 g/mol. The molecule has 1 aromatic carbocycles. The lowest BCUT2D eigenvalue weighted by Crippen LogP contribution is -2.35. The van der Waals surface area contributed by atoms with Gasteiger partial charge in [-0.05, 0) is 38.9 Å². The highest BCUT2D eigenvalue weighted by Crippen LogP contribution is 2.31. The van der Waals surface area contributed by atoms with Crippen molar-refractivity contribution in [2.24, 2.45) is 0 Å². The lowest BCUT2D eigenvalue weighted by atomic mass is 10.2. The zero-order chi connectivity index (χ0) is 15.7. The molecule has 1 amide bonds. The second-order valence-electron chi connectivity index (χ2n) is 4.86. The summed E-state index contributed by atoms with van der Waals surface area (Å²) in [6, 6.07) is 5.21. The lowest BCUT2D eigenvalue weighted by Gasteiger charge is -2.15. The van der Waals surface area contributed by atoms with E-state index >= 15 is 0 Å². The van der Waals surface area contributed by atoms with Crippen LogP contribution < -0.4 is 20.1 Å². The van der Waals surface area contributed by atoms with Crippen LogP contribution in [0, 0.1) is 0 Å². The Bertz CT molecular complexity index is 449. The van der Waals surface area contributed by atoms with E-state index in [-0.39, 0.29) is 11.9 Å². The molecule has 1 aromatic rings. The minimum atomic E-state index is -0.249.